The Morgan fingerprint density at radius 1 is 1.17 bits per heavy atom. The Hall–Kier alpha value is -2.29. The molecule has 0 bridgehead atoms. The van der Waals surface area contributed by atoms with Crippen LogP contribution >= 0.6 is 0 Å². The van der Waals surface area contributed by atoms with E-state index < -0.39 is 9.84 Å². The minimum atomic E-state index is -3.39. The van der Waals surface area contributed by atoms with E-state index in [2.05, 4.69) is 20.8 Å². The standard InChI is InChI=1S/C15H21N5O3S/c1-11(2)20-15(17-18-19-20)10-24(22,23)9-14-6-4-13(5-7-14)8-16-12(3)21/h4-7,11H,8-10H2,1-3H3,(H,16,21). The van der Waals surface area contributed by atoms with Crippen LogP contribution in [0.5, 0.6) is 0 Å². The molecule has 2 rings (SSSR count). The van der Waals surface area contributed by atoms with Crippen LogP contribution in [0.1, 0.15) is 43.8 Å². The summed E-state index contributed by atoms with van der Waals surface area (Å²) in [4.78, 5) is 10.9. The van der Waals surface area contributed by atoms with Crippen LogP contribution in [-0.2, 0) is 32.7 Å². The van der Waals surface area contributed by atoms with Gasteiger partial charge in [0, 0.05) is 13.5 Å². The maximum atomic E-state index is 12.4. The van der Waals surface area contributed by atoms with Crippen molar-refractivity contribution in [2.75, 3.05) is 0 Å². The number of aromatic nitrogens is 4. The molecule has 0 spiro atoms. The molecule has 0 aliphatic rings. The lowest BCUT2D eigenvalue weighted by Gasteiger charge is -2.09. The number of nitrogens with one attached hydrogen (secondary N) is 1. The van der Waals surface area contributed by atoms with Crippen molar-refractivity contribution in [3.8, 4) is 0 Å². The monoisotopic (exact) mass is 351 g/mol. The summed E-state index contributed by atoms with van der Waals surface area (Å²) in [5.74, 6) is -0.0544. The zero-order chi connectivity index (χ0) is 17.7. The highest BCUT2D eigenvalue weighted by Gasteiger charge is 2.19. The molecule has 0 saturated carbocycles. The van der Waals surface area contributed by atoms with E-state index in [-0.39, 0.29) is 23.5 Å². The molecule has 1 amide bonds. The minimum Gasteiger partial charge on any atom is -0.352 e. The summed E-state index contributed by atoms with van der Waals surface area (Å²) in [7, 11) is -3.39. The Morgan fingerprint density at radius 3 is 2.38 bits per heavy atom. The number of benzene rings is 1. The van der Waals surface area contributed by atoms with E-state index in [9.17, 15) is 13.2 Å². The number of tetrazole rings is 1. The third-order valence-electron chi connectivity index (χ3n) is 3.35. The van der Waals surface area contributed by atoms with Crippen LogP contribution in [0.25, 0.3) is 0 Å². The van der Waals surface area contributed by atoms with Gasteiger partial charge >= 0.3 is 0 Å². The first-order valence-electron chi connectivity index (χ1n) is 7.56. The van der Waals surface area contributed by atoms with Crippen LogP contribution < -0.4 is 5.32 Å². The summed E-state index contributed by atoms with van der Waals surface area (Å²) in [5, 5.41) is 13.9. The molecule has 0 radical (unpaired) electrons. The van der Waals surface area contributed by atoms with Crippen molar-refractivity contribution in [1.29, 1.82) is 0 Å². The van der Waals surface area contributed by atoms with Crippen LogP contribution in [-0.4, -0.2) is 34.5 Å². The highest BCUT2D eigenvalue weighted by molar-refractivity contribution is 7.89. The average molecular weight is 351 g/mol. The number of carbonyl (C=O) groups excluding carboxylic acids is 1. The molecular weight excluding hydrogens is 330 g/mol. The van der Waals surface area contributed by atoms with Gasteiger partial charge in [-0.25, -0.2) is 13.1 Å². The molecule has 1 N–H and O–H groups in total. The fraction of sp³-hybridized carbons (Fsp3) is 0.467. The third-order valence-corrected chi connectivity index (χ3v) is 4.82. The zero-order valence-electron chi connectivity index (χ0n) is 13.9. The van der Waals surface area contributed by atoms with E-state index >= 15 is 0 Å². The van der Waals surface area contributed by atoms with Crippen molar-refractivity contribution in [2.24, 2.45) is 0 Å². The van der Waals surface area contributed by atoms with Gasteiger partial charge < -0.3 is 5.32 Å². The average Bonchev–Trinajstić information content (AvgIpc) is 2.93. The Labute approximate surface area is 141 Å². The minimum absolute atomic E-state index is 0.00161. The fourth-order valence-corrected chi connectivity index (χ4v) is 3.58. The number of hydrogen-bond acceptors (Lipinski definition) is 6. The van der Waals surface area contributed by atoms with Gasteiger partial charge in [0.1, 0.15) is 5.75 Å². The zero-order valence-corrected chi connectivity index (χ0v) is 14.7. The second-order valence-corrected chi connectivity index (χ2v) is 7.96. The Morgan fingerprint density at radius 2 is 1.79 bits per heavy atom. The van der Waals surface area contributed by atoms with E-state index in [1.54, 1.807) is 24.3 Å². The van der Waals surface area contributed by atoms with Crippen LogP contribution in [0, 0.1) is 0 Å². The lowest BCUT2D eigenvalue weighted by molar-refractivity contribution is -0.119. The van der Waals surface area contributed by atoms with Gasteiger partial charge in [0.2, 0.25) is 5.91 Å². The first kappa shape index (κ1) is 18.1. The molecule has 9 heteroatoms. The summed E-state index contributed by atoms with van der Waals surface area (Å²) < 4.78 is 26.3. The number of sulfone groups is 1. The van der Waals surface area contributed by atoms with Crippen molar-refractivity contribution < 1.29 is 13.2 Å². The highest BCUT2D eigenvalue weighted by Crippen LogP contribution is 2.14. The van der Waals surface area contributed by atoms with Crippen molar-refractivity contribution in [1.82, 2.24) is 25.5 Å². The first-order chi connectivity index (χ1) is 11.3. The maximum absolute atomic E-state index is 12.4. The predicted molar refractivity (Wildman–Crippen MR) is 88.5 cm³/mol. The van der Waals surface area contributed by atoms with E-state index in [1.807, 2.05) is 13.8 Å². The van der Waals surface area contributed by atoms with Crippen LogP contribution in [0.3, 0.4) is 0 Å². The summed E-state index contributed by atoms with van der Waals surface area (Å²) in [6.07, 6.45) is 0. The van der Waals surface area contributed by atoms with Crippen molar-refractivity contribution in [3.63, 3.8) is 0 Å². The largest absolute Gasteiger partial charge is 0.352 e. The molecule has 0 aliphatic carbocycles. The number of rotatable bonds is 7. The van der Waals surface area contributed by atoms with Crippen LogP contribution in [0.2, 0.25) is 0 Å². The third kappa shape index (κ3) is 5.12. The molecule has 1 aromatic carbocycles. The molecular formula is C15H21N5O3S. The number of amides is 1. The van der Waals surface area contributed by atoms with Crippen molar-refractivity contribution >= 4 is 15.7 Å². The SMILES string of the molecule is CC(=O)NCc1ccc(CS(=O)(=O)Cc2nnnn2C(C)C)cc1. The summed E-state index contributed by atoms with van der Waals surface area (Å²) >= 11 is 0. The lowest BCUT2D eigenvalue weighted by Crippen LogP contribution is -2.18. The Kier molecular flexibility index (Phi) is 5.66. The number of hydrogen-bond donors (Lipinski definition) is 1. The molecule has 1 heterocycles. The normalized spacial score (nSPS) is 11.7. The Bertz CT molecular complexity index is 797. The van der Waals surface area contributed by atoms with E-state index in [0.717, 1.165) is 5.56 Å². The topological polar surface area (TPSA) is 107 Å². The van der Waals surface area contributed by atoms with E-state index in [1.165, 1.54) is 11.6 Å². The molecule has 24 heavy (non-hydrogen) atoms. The van der Waals surface area contributed by atoms with Gasteiger partial charge in [-0.15, -0.1) is 5.10 Å². The second-order valence-electron chi connectivity index (χ2n) is 5.89. The van der Waals surface area contributed by atoms with Gasteiger partial charge in [0.15, 0.2) is 15.7 Å². The van der Waals surface area contributed by atoms with Crippen molar-refractivity contribution in [2.45, 2.75) is 44.9 Å². The summed E-state index contributed by atoms with van der Waals surface area (Å²) in [6, 6.07) is 7.11. The molecule has 0 atom stereocenters. The smallest absolute Gasteiger partial charge is 0.217 e. The maximum Gasteiger partial charge on any atom is 0.217 e. The van der Waals surface area contributed by atoms with Gasteiger partial charge in [-0.1, -0.05) is 24.3 Å². The van der Waals surface area contributed by atoms with Crippen LogP contribution in [0.15, 0.2) is 24.3 Å². The first-order valence-corrected chi connectivity index (χ1v) is 9.38. The molecule has 130 valence electrons. The van der Waals surface area contributed by atoms with Gasteiger partial charge in [-0.2, -0.15) is 0 Å². The molecule has 8 nitrogen and oxygen atoms in total. The molecule has 0 fully saturated rings. The number of nitrogens with zero attached hydrogens (tertiary/aromatic N) is 4. The fourth-order valence-electron chi connectivity index (χ4n) is 2.19. The van der Waals surface area contributed by atoms with Gasteiger partial charge in [0.25, 0.3) is 0 Å². The van der Waals surface area contributed by atoms with Gasteiger partial charge in [-0.05, 0) is 35.4 Å². The van der Waals surface area contributed by atoms with Crippen molar-refractivity contribution in [3.05, 3.63) is 41.2 Å². The molecule has 0 aliphatic heterocycles. The summed E-state index contributed by atoms with van der Waals surface area (Å²) in [6.45, 7) is 5.65. The molecule has 0 saturated heterocycles. The summed E-state index contributed by atoms with van der Waals surface area (Å²) in [5.41, 5.74) is 1.60. The van der Waals surface area contributed by atoms with E-state index in [0.29, 0.717) is 17.9 Å². The lowest BCUT2D eigenvalue weighted by atomic mass is 10.1. The van der Waals surface area contributed by atoms with Crippen LogP contribution in [0.4, 0.5) is 0 Å². The molecule has 2 aromatic rings. The number of carbonyl (C=O) groups is 1. The van der Waals surface area contributed by atoms with E-state index in [4.69, 9.17) is 0 Å². The predicted octanol–water partition coefficient (Wildman–Crippen LogP) is 1.01. The second kappa shape index (κ2) is 7.52. The highest BCUT2D eigenvalue weighted by atomic mass is 32.2. The van der Waals surface area contributed by atoms with Gasteiger partial charge in [0.05, 0.1) is 11.8 Å². The quantitative estimate of drug-likeness (QED) is 0.798. The molecule has 0 unspecified atom stereocenters. The molecule has 1 aromatic heterocycles. The van der Waals surface area contributed by atoms with Gasteiger partial charge in [-0.3, -0.25) is 4.79 Å². The Balaban J connectivity index is 2.03.